The summed E-state index contributed by atoms with van der Waals surface area (Å²) in [6.45, 7) is 6.79. The van der Waals surface area contributed by atoms with E-state index in [1.54, 1.807) is 0 Å². The third-order valence-electron chi connectivity index (χ3n) is 2.93. The predicted molar refractivity (Wildman–Crippen MR) is 61.4 cm³/mol. The van der Waals surface area contributed by atoms with E-state index in [0.29, 0.717) is 11.5 Å². The highest BCUT2D eigenvalue weighted by Gasteiger charge is 2.30. The fraction of sp³-hybridized carbons (Fsp3) is 0.500. The summed E-state index contributed by atoms with van der Waals surface area (Å²) in [6.07, 6.45) is 1.09. The van der Waals surface area contributed by atoms with Crippen molar-refractivity contribution < 1.29 is 0 Å². The van der Waals surface area contributed by atoms with Gasteiger partial charge in [0.25, 0.3) is 0 Å². The van der Waals surface area contributed by atoms with E-state index >= 15 is 0 Å². The quantitative estimate of drug-likeness (QED) is 0.617. The Kier molecular flexibility index (Phi) is 1.95. The van der Waals surface area contributed by atoms with E-state index < -0.39 is 0 Å². The first kappa shape index (κ1) is 9.38. The summed E-state index contributed by atoms with van der Waals surface area (Å²) in [4.78, 5) is 0. The maximum Gasteiger partial charge on any atom is 0.0377 e. The highest BCUT2D eigenvalue weighted by Crippen LogP contribution is 2.35. The maximum atomic E-state index is 5.76. The summed E-state index contributed by atoms with van der Waals surface area (Å²) in [5.74, 6) is 0. The molecule has 0 fully saturated rings. The van der Waals surface area contributed by atoms with Gasteiger partial charge in [-0.3, -0.25) is 0 Å². The Morgan fingerprint density at radius 1 is 1.36 bits per heavy atom. The van der Waals surface area contributed by atoms with Gasteiger partial charge in [-0.1, -0.05) is 20.8 Å². The van der Waals surface area contributed by atoms with E-state index in [-0.39, 0.29) is 0 Å². The zero-order valence-corrected chi connectivity index (χ0v) is 9.09. The molecule has 0 aromatic heterocycles. The van der Waals surface area contributed by atoms with Crippen LogP contribution in [0.2, 0.25) is 0 Å². The second kappa shape index (κ2) is 2.91. The molecule has 0 saturated carbocycles. The lowest BCUT2D eigenvalue weighted by molar-refractivity contribution is 0.347. The van der Waals surface area contributed by atoms with Crippen molar-refractivity contribution in [1.82, 2.24) is 0 Å². The van der Waals surface area contributed by atoms with E-state index in [1.165, 1.54) is 11.3 Å². The number of fused-ring (bicyclic) bond motifs is 1. The summed E-state index contributed by atoms with van der Waals surface area (Å²) >= 11 is 0. The normalized spacial score (nSPS) is 20.4. The van der Waals surface area contributed by atoms with Gasteiger partial charge in [0, 0.05) is 17.4 Å². The van der Waals surface area contributed by atoms with Crippen LogP contribution in [-0.4, -0.2) is 6.04 Å². The van der Waals surface area contributed by atoms with Crippen LogP contribution in [0.25, 0.3) is 0 Å². The first-order valence-corrected chi connectivity index (χ1v) is 5.12. The zero-order chi connectivity index (χ0) is 10.3. The van der Waals surface area contributed by atoms with Gasteiger partial charge in [0.15, 0.2) is 0 Å². The minimum Gasteiger partial charge on any atom is -0.399 e. The van der Waals surface area contributed by atoms with Crippen LogP contribution in [0.3, 0.4) is 0 Å². The number of nitrogens with one attached hydrogen (secondary N) is 1. The molecule has 76 valence electrons. The van der Waals surface area contributed by atoms with E-state index in [9.17, 15) is 0 Å². The van der Waals surface area contributed by atoms with E-state index in [4.69, 9.17) is 5.73 Å². The summed E-state index contributed by atoms with van der Waals surface area (Å²) in [5, 5.41) is 3.55. The van der Waals surface area contributed by atoms with Gasteiger partial charge >= 0.3 is 0 Å². The molecule has 0 saturated heterocycles. The average molecular weight is 190 g/mol. The second-order valence-electron chi connectivity index (χ2n) is 5.18. The van der Waals surface area contributed by atoms with Crippen LogP contribution in [0.1, 0.15) is 26.3 Å². The highest BCUT2D eigenvalue weighted by molar-refractivity contribution is 5.62. The molecular formula is C12H18N2. The second-order valence-corrected chi connectivity index (χ2v) is 5.18. The molecule has 1 heterocycles. The molecule has 1 aromatic carbocycles. The first-order valence-electron chi connectivity index (χ1n) is 5.12. The van der Waals surface area contributed by atoms with Crippen LogP contribution >= 0.6 is 0 Å². The Morgan fingerprint density at radius 2 is 2.07 bits per heavy atom. The summed E-state index contributed by atoms with van der Waals surface area (Å²) in [6, 6.07) is 6.64. The molecule has 2 nitrogen and oxygen atoms in total. The number of nitrogens with two attached hydrogens (primary N) is 1. The molecular weight excluding hydrogens is 172 g/mol. The Labute approximate surface area is 85.5 Å². The number of rotatable bonds is 0. The number of benzene rings is 1. The fourth-order valence-corrected chi connectivity index (χ4v) is 1.90. The van der Waals surface area contributed by atoms with E-state index in [1.807, 2.05) is 6.07 Å². The molecule has 0 unspecified atom stereocenters. The monoisotopic (exact) mass is 190 g/mol. The van der Waals surface area contributed by atoms with Crippen LogP contribution in [-0.2, 0) is 6.42 Å². The van der Waals surface area contributed by atoms with Crippen molar-refractivity contribution in [2.45, 2.75) is 33.2 Å². The maximum absolute atomic E-state index is 5.76. The Hall–Kier alpha value is -1.18. The van der Waals surface area contributed by atoms with Crippen molar-refractivity contribution in [2.24, 2.45) is 5.41 Å². The van der Waals surface area contributed by atoms with Gasteiger partial charge in [-0.05, 0) is 35.6 Å². The minimum atomic E-state index is 0.299. The Balaban J connectivity index is 2.26. The van der Waals surface area contributed by atoms with Crippen LogP contribution < -0.4 is 11.1 Å². The Morgan fingerprint density at radius 3 is 2.71 bits per heavy atom. The zero-order valence-electron chi connectivity index (χ0n) is 9.09. The molecule has 0 amide bonds. The van der Waals surface area contributed by atoms with Crippen molar-refractivity contribution in [3.63, 3.8) is 0 Å². The van der Waals surface area contributed by atoms with Gasteiger partial charge in [-0.25, -0.2) is 0 Å². The molecule has 1 aliphatic heterocycles. The Bertz CT molecular complexity index is 350. The van der Waals surface area contributed by atoms with Gasteiger partial charge in [0.2, 0.25) is 0 Å². The molecule has 14 heavy (non-hydrogen) atoms. The van der Waals surface area contributed by atoms with Gasteiger partial charge in [0.1, 0.15) is 0 Å². The number of hydrogen-bond acceptors (Lipinski definition) is 2. The minimum absolute atomic E-state index is 0.299. The fourth-order valence-electron chi connectivity index (χ4n) is 1.90. The van der Waals surface area contributed by atoms with Crippen LogP contribution in [0.15, 0.2) is 18.2 Å². The van der Waals surface area contributed by atoms with Crippen molar-refractivity contribution in [3.8, 4) is 0 Å². The number of hydrogen-bond donors (Lipinski definition) is 2. The number of anilines is 2. The summed E-state index contributed by atoms with van der Waals surface area (Å²) < 4.78 is 0. The summed E-state index contributed by atoms with van der Waals surface area (Å²) in [7, 11) is 0. The summed E-state index contributed by atoms with van der Waals surface area (Å²) in [5.41, 5.74) is 9.52. The molecule has 0 radical (unpaired) electrons. The molecule has 2 rings (SSSR count). The predicted octanol–water partition coefficient (Wildman–Crippen LogP) is 2.65. The van der Waals surface area contributed by atoms with Crippen molar-refractivity contribution in [1.29, 1.82) is 0 Å². The van der Waals surface area contributed by atoms with Crippen molar-refractivity contribution in [3.05, 3.63) is 23.8 Å². The van der Waals surface area contributed by atoms with E-state index in [2.05, 4.69) is 38.2 Å². The molecule has 1 aliphatic rings. The lowest BCUT2D eigenvalue weighted by Gasteiger charge is -2.27. The molecule has 0 bridgehead atoms. The SMILES string of the molecule is CC(C)(C)[C@H]1Cc2cc(N)ccc2N1. The lowest BCUT2D eigenvalue weighted by atomic mass is 9.85. The first-order chi connectivity index (χ1) is 6.47. The molecule has 2 heteroatoms. The number of nitrogen functional groups attached to an aromatic ring is 1. The van der Waals surface area contributed by atoms with Crippen LogP contribution in [0.4, 0.5) is 11.4 Å². The standard InChI is InChI=1S/C12H18N2/c1-12(2,3)11-7-8-6-9(13)4-5-10(8)14-11/h4-6,11,14H,7,13H2,1-3H3/t11-/m1/s1. The molecule has 0 aliphatic carbocycles. The largest absolute Gasteiger partial charge is 0.399 e. The third kappa shape index (κ3) is 1.57. The van der Waals surface area contributed by atoms with Gasteiger partial charge < -0.3 is 11.1 Å². The smallest absolute Gasteiger partial charge is 0.0377 e. The molecule has 1 aromatic rings. The van der Waals surface area contributed by atoms with Crippen LogP contribution in [0.5, 0.6) is 0 Å². The van der Waals surface area contributed by atoms with Gasteiger partial charge in [0.05, 0.1) is 0 Å². The molecule has 1 atom stereocenters. The van der Waals surface area contributed by atoms with E-state index in [0.717, 1.165) is 12.1 Å². The lowest BCUT2D eigenvalue weighted by Crippen LogP contribution is -2.31. The highest BCUT2D eigenvalue weighted by atomic mass is 15.0. The third-order valence-corrected chi connectivity index (χ3v) is 2.93. The van der Waals surface area contributed by atoms with Gasteiger partial charge in [-0.2, -0.15) is 0 Å². The van der Waals surface area contributed by atoms with Crippen molar-refractivity contribution >= 4 is 11.4 Å². The van der Waals surface area contributed by atoms with Crippen LogP contribution in [0, 0.1) is 5.41 Å². The van der Waals surface area contributed by atoms with Gasteiger partial charge in [-0.15, -0.1) is 0 Å². The molecule has 3 N–H and O–H groups in total. The van der Waals surface area contributed by atoms with Crippen molar-refractivity contribution in [2.75, 3.05) is 11.1 Å². The average Bonchev–Trinajstić information content (AvgIpc) is 2.45. The topological polar surface area (TPSA) is 38.0 Å². The molecule has 0 spiro atoms.